The van der Waals surface area contributed by atoms with E-state index in [1.54, 1.807) is 0 Å². The largest absolute Gasteiger partial charge is 0.479 e. The molecule has 0 aliphatic rings. The van der Waals surface area contributed by atoms with Crippen LogP contribution in [-0.4, -0.2) is 37.0 Å². The molecule has 1 N–H and O–H groups in total. The van der Waals surface area contributed by atoms with Crippen molar-refractivity contribution in [3.63, 3.8) is 0 Å². The van der Waals surface area contributed by atoms with Crippen LogP contribution in [-0.2, 0) is 14.3 Å². The molecule has 0 spiro atoms. The van der Waals surface area contributed by atoms with Crippen LogP contribution >= 0.6 is 0 Å². The second-order valence-corrected chi connectivity index (χ2v) is 2.44. The number of rotatable bonds is 5. The van der Waals surface area contributed by atoms with Gasteiger partial charge in [-0.25, -0.2) is 4.79 Å². The monoisotopic (exact) mass is 162 g/mol. The average molecular weight is 162 g/mol. The van der Waals surface area contributed by atoms with E-state index in [0.29, 0.717) is 0 Å². The maximum Gasteiger partial charge on any atom is 0.335 e. The maximum absolute atomic E-state index is 10.3. The van der Waals surface area contributed by atoms with E-state index in [-0.39, 0.29) is 12.7 Å². The van der Waals surface area contributed by atoms with Gasteiger partial charge in [-0.1, -0.05) is 0 Å². The van der Waals surface area contributed by atoms with Crippen molar-refractivity contribution in [3.05, 3.63) is 0 Å². The van der Waals surface area contributed by atoms with Crippen molar-refractivity contribution in [2.24, 2.45) is 0 Å². The van der Waals surface area contributed by atoms with Crippen molar-refractivity contribution in [2.45, 2.75) is 26.1 Å². The third kappa shape index (κ3) is 4.75. The highest BCUT2D eigenvalue weighted by Crippen LogP contribution is 1.95. The number of carboxylic acids is 1. The summed E-state index contributed by atoms with van der Waals surface area (Å²) in [6.45, 7) is 3.78. The Balaban J connectivity index is 3.61. The van der Waals surface area contributed by atoms with Crippen LogP contribution in [0, 0.1) is 0 Å². The standard InChI is InChI=1S/C7H14O4/c1-5(2)11-4-6(10-3)7(8)9/h5-6H,4H2,1-3H3,(H,8,9). The topological polar surface area (TPSA) is 55.8 Å². The smallest absolute Gasteiger partial charge is 0.335 e. The molecule has 11 heavy (non-hydrogen) atoms. The van der Waals surface area contributed by atoms with Gasteiger partial charge in [0.25, 0.3) is 0 Å². The van der Waals surface area contributed by atoms with Crippen LogP contribution < -0.4 is 0 Å². The van der Waals surface area contributed by atoms with E-state index in [2.05, 4.69) is 4.74 Å². The van der Waals surface area contributed by atoms with Crippen molar-refractivity contribution in [2.75, 3.05) is 13.7 Å². The minimum atomic E-state index is -0.992. The molecule has 0 heterocycles. The van der Waals surface area contributed by atoms with Gasteiger partial charge in [0.2, 0.25) is 0 Å². The van der Waals surface area contributed by atoms with Gasteiger partial charge < -0.3 is 14.6 Å². The minimum absolute atomic E-state index is 0.0343. The van der Waals surface area contributed by atoms with Gasteiger partial charge in [0.1, 0.15) is 0 Å². The molecule has 0 fully saturated rings. The Morgan fingerprint density at radius 3 is 2.36 bits per heavy atom. The zero-order valence-electron chi connectivity index (χ0n) is 7.03. The highest BCUT2D eigenvalue weighted by Gasteiger charge is 2.16. The lowest BCUT2D eigenvalue weighted by Gasteiger charge is -2.12. The molecule has 0 aromatic heterocycles. The Bertz CT molecular complexity index is 122. The van der Waals surface area contributed by atoms with Crippen LogP contribution in [0.5, 0.6) is 0 Å². The van der Waals surface area contributed by atoms with Gasteiger partial charge in [-0.15, -0.1) is 0 Å². The maximum atomic E-state index is 10.3. The Hall–Kier alpha value is -0.610. The Labute approximate surface area is 66.1 Å². The number of carbonyl (C=O) groups is 1. The lowest BCUT2D eigenvalue weighted by Crippen LogP contribution is -2.29. The van der Waals surface area contributed by atoms with Crippen LogP contribution in [0.4, 0.5) is 0 Å². The SMILES string of the molecule is COC(COC(C)C)C(=O)O. The summed E-state index contributed by atoms with van der Waals surface area (Å²) in [5.41, 5.74) is 0. The molecule has 4 heteroatoms. The molecule has 4 nitrogen and oxygen atoms in total. The number of ether oxygens (including phenoxy) is 2. The molecule has 1 atom stereocenters. The first kappa shape index (κ1) is 10.4. The second kappa shape index (κ2) is 5.09. The molecule has 0 radical (unpaired) electrons. The summed E-state index contributed by atoms with van der Waals surface area (Å²) in [4.78, 5) is 10.3. The molecule has 0 amide bonds. The van der Waals surface area contributed by atoms with E-state index >= 15 is 0 Å². The predicted octanol–water partition coefficient (Wildman–Crippen LogP) is 0.511. The van der Waals surface area contributed by atoms with Gasteiger partial charge in [0.05, 0.1) is 12.7 Å². The molecular weight excluding hydrogens is 148 g/mol. The fraction of sp³-hybridized carbons (Fsp3) is 0.857. The molecule has 0 aliphatic carbocycles. The van der Waals surface area contributed by atoms with Gasteiger partial charge >= 0.3 is 5.97 Å². The van der Waals surface area contributed by atoms with Gasteiger partial charge in [-0.05, 0) is 13.8 Å². The van der Waals surface area contributed by atoms with Crippen molar-refractivity contribution in [1.29, 1.82) is 0 Å². The molecule has 0 aliphatic heterocycles. The van der Waals surface area contributed by atoms with Crippen molar-refractivity contribution in [1.82, 2.24) is 0 Å². The number of hydrogen-bond donors (Lipinski definition) is 1. The molecule has 66 valence electrons. The van der Waals surface area contributed by atoms with E-state index in [0.717, 1.165) is 0 Å². The van der Waals surface area contributed by atoms with Crippen molar-refractivity contribution >= 4 is 5.97 Å². The first-order valence-corrected chi connectivity index (χ1v) is 3.45. The highest BCUT2D eigenvalue weighted by atomic mass is 16.5. The summed E-state index contributed by atoms with van der Waals surface area (Å²) in [6, 6.07) is 0. The Morgan fingerprint density at radius 2 is 2.09 bits per heavy atom. The first-order chi connectivity index (χ1) is 5.07. The van der Waals surface area contributed by atoms with Crippen LogP contribution in [0.25, 0.3) is 0 Å². The Morgan fingerprint density at radius 1 is 1.55 bits per heavy atom. The zero-order chi connectivity index (χ0) is 8.85. The summed E-state index contributed by atoms with van der Waals surface area (Å²) >= 11 is 0. The third-order valence-corrected chi connectivity index (χ3v) is 1.14. The lowest BCUT2D eigenvalue weighted by molar-refractivity contribution is -0.153. The quantitative estimate of drug-likeness (QED) is 0.640. The van der Waals surface area contributed by atoms with E-state index in [9.17, 15) is 4.79 Å². The fourth-order valence-electron chi connectivity index (χ4n) is 0.520. The van der Waals surface area contributed by atoms with Crippen LogP contribution in [0.15, 0.2) is 0 Å². The van der Waals surface area contributed by atoms with Crippen LogP contribution in [0.2, 0.25) is 0 Å². The molecule has 0 bridgehead atoms. The van der Waals surface area contributed by atoms with Gasteiger partial charge in [0.15, 0.2) is 6.10 Å². The van der Waals surface area contributed by atoms with Crippen molar-refractivity contribution < 1.29 is 19.4 Å². The van der Waals surface area contributed by atoms with Crippen LogP contribution in [0.3, 0.4) is 0 Å². The van der Waals surface area contributed by atoms with Crippen LogP contribution in [0.1, 0.15) is 13.8 Å². The summed E-state index contributed by atoms with van der Waals surface area (Å²) in [5, 5.41) is 8.48. The lowest BCUT2D eigenvalue weighted by atomic mass is 10.4. The molecular formula is C7H14O4. The molecule has 0 aromatic rings. The van der Waals surface area contributed by atoms with E-state index in [1.807, 2.05) is 13.8 Å². The van der Waals surface area contributed by atoms with E-state index in [4.69, 9.17) is 9.84 Å². The molecule has 0 aromatic carbocycles. The highest BCUT2D eigenvalue weighted by molar-refractivity contribution is 5.72. The van der Waals surface area contributed by atoms with E-state index < -0.39 is 12.1 Å². The fourth-order valence-corrected chi connectivity index (χ4v) is 0.520. The average Bonchev–Trinajstić information content (AvgIpc) is 1.87. The number of hydrogen-bond acceptors (Lipinski definition) is 3. The molecule has 0 rings (SSSR count). The number of aliphatic carboxylic acids is 1. The van der Waals surface area contributed by atoms with Gasteiger partial charge in [-0.2, -0.15) is 0 Å². The second-order valence-electron chi connectivity index (χ2n) is 2.44. The third-order valence-electron chi connectivity index (χ3n) is 1.14. The first-order valence-electron chi connectivity index (χ1n) is 3.45. The van der Waals surface area contributed by atoms with Gasteiger partial charge in [0, 0.05) is 7.11 Å². The zero-order valence-corrected chi connectivity index (χ0v) is 7.03. The predicted molar refractivity (Wildman–Crippen MR) is 39.5 cm³/mol. The minimum Gasteiger partial charge on any atom is -0.479 e. The summed E-state index contributed by atoms with van der Waals surface area (Å²) in [7, 11) is 1.35. The van der Waals surface area contributed by atoms with Crippen molar-refractivity contribution in [3.8, 4) is 0 Å². The molecule has 0 saturated heterocycles. The van der Waals surface area contributed by atoms with E-state index in [1.165, 1.54) is 7.11 Å². The summed E-state index contributed by atoms with van der Waals surface area (Å²) < 4.78 is 9.69. The molecule has 0 saturated carbocycles. The van der Waals surface area contributed by atoms with Gasteiger partial charge in [-0.3, -0.25) is 0 Å². The number of carboxylic acid groups (broad SMARTS) is 1. The number of methoxy groups -OCH3 is 1. The normalized spacial score (nSPS) is 13.5. The Kier molecular flexibility index (Phi) is 4.81. The summed E-state index contributed by atoms with van der Waals surface area (Å²) in [6.07, 6.45) is -0.815. The molecule has 1 unspecified atom stereocenters. The summed E-state index contributed by atoms with van der Waals surface area (Å²) in [5.74, 6) is -0.992.